The van der Waals surface area contributed by atoms with E-state index in [1.54, 1.807) is 0 Å². The molecule has 3 nitrogen and oxygen atoms in total. The number of nitrogens with zero attached hydrogens (tertiary/aromatic N) is 3. The molecule has 0 saturated heterocycles. The van der Waals surface area contributed by atoms with Gasteiger partial charge >= 0.3 is 0 Å². The van der Waals surface area contributed by atoms with Crippen LogP contribution in [0, 0.1) is 0 Å². The summed E-state index contributed by atoms with van der Waals surface area (Å²) in [5.74, 6) is 0.924. The van der Waals surface area contributed by atoms with Crippen molar-refractivity contribution in [3.8, 4) is 22.6 Å². The van der Waals surface area contributed by atoms with Crippen molar-refractivity contribution in [2.75, 3.05) is 0 Å². The molecule has 0 aliphatic rings. The molecule has 0 atom stereocenters. The molecule has 0 radical (unpaired) electrons. The fourth-order valence-electron chi connectivity index (χ4n) is 7.53. The van der Waals surface area contributed by atoms with Crippen molar-refractivity contribution < 1.29 is 0 Å². The van der Waals surface area contributed by atoms with Crippen molar-refractivity contribution in [1.82, 2.24) is 14.1 Å². The predicted octanol–water partition coefficient (Wildman–Crippen LogP) is 11.2. The van der Waals surface area contributed by atoms with Gasteiger partial charge in [-0.15, -0.1) is 0 Å². The third-order valence-electron chi connectivity index (χ3n) is 9.54. The minimum atomic E-state index is 0.924. The van der Waals surface area contributed by atoms with E-state index in [2.05, 4.69) is 161 Å². The van der Waals surface area contributed by atoms with Crippen molar-refractivity contribution in [2.45, 2.75) is 0 Å². The van der Waals surface area contributed by atoms with E-state index in [0.717, 1.165) is 16.9 Å². The summed E-state index contributed by atoms with van der Waals surface area (Å²) in [6, 6.07) is 57.1. The minimum absolute atomic E-state index is 0.924. The summed E-state index contributed by atoms with van der Waals surface area (Å²) in [7, 11) is 0. The monoisotopic (exact) mass is 585 g/mol. The lowest BCUT2D eigenvalue weighted by molar-refractivity contribution is 1.08. The Morgan fingerprint density at radius 2 is 0.891 bits per heavy atom. The molecular weight excluding hydrogens is 558 g/mol. The molecule has 0 unspecified atom stereocenters. The first-order valence-electron chi connectivity index (χ1n) is 15.7. The van der Waals surface area contributed by atoms with Gasteiger partial charge in [0, 0.05) is 33.4 Å². The highest BCUT2D eigenvalue weighted by atomic mass is 15.1. The molecule has 3 heterocycles. The standard InChI is InChI=1S/C43H27N3/c1-2-12-32(13-3-1)45-37-21-19-30(26-35(37)42-33-14-6-4-10-28(33)17-23-39(42)45)31-20-22-38-36(27-31)43-34-15-7-5-11-29(34)18-24-40(43)46(38)41-16-8-9-25-44-41/h1-27H. The predicted molar refractivity (Wildman–Crippen MR) is 193 cm³/mol. The lowest BCUT2D eigenvalue weighted by atomic mass is 9.98. The molecule has 0 aliphatic carbocycles. The molecule has 0 amide bonds. The molecular formula is C43H27N3. The van der Waals surface area contributed by atoms with Gasteiger partial charge in [0.2, 0.25) is 0 Å². The Balaban J connectivity index is 1.28. The number of hydrogen-bond donors (Lipinski definition) is 0. The highest BCUT2D eigenvalue weighted by Crippen LogP contribution is 2.41. The van der Waals surface area contributed by atoms with Crippen molar-refractivity contribution in [2.24, 2.45) is 0 Å². The van der Waals surface area contributed by atoms with Crippen molar-refractivity contribution in [3.63, 3.8) is 0 Å². The van der Waals surface area contributed by atoms with Crippen molar-refractivity contribution in [3.05, 3.63) is 164 Å². The third kappa shape index (κ3) is 3.57. The van der Waals surface area contributed by atoms with Crippen LogP contribution < -0.4 is 0 Å². The maximum absolute atomic E-state index is 4.76. The molecule has 0 aliphatic heterocycles. The van der Waals surface area contributed by atoms with Crippen LogP contribution in [0.5, 0.6) is 0 Å². The van der Waals surface area contributed by atoms with Gasteiger partial charge in [-0.05, 0) is 93.3 Å². The van der Waals surface area contributed by atoms with Crippen LogP contribution in [0.3, 0.4) is 0 Å². The number of aromatic nitrogens is 3. The van der Waals surface area contributed by atoms with E-state index in [1.165, 1.54) is 70.9 Å². The van der Waals surface area contributed by atoms with E-state index in [-0.39, 0.29) is 0 Å². The summed E-state index contributed by atoms with van der Waals surface area (Å²) in [4.78, 5) is 4.76. The second-order valence-electron chi connectivity index (χ2n) is 12.0. The van der Waals surface area contributed by atoms with E-state index in [1.807, 2.05) is 12.3 Å². The summed E-state index contributed by atoms with van der Waals surface area (Å²) in [6.45, 7) is 0. The average Bonchev–Trinajstić information content (AvgIpc) is 3.65. The maximum atomic E-state index is 4.76. The molecule has 7 aromatic carbocycles. The van der Waals surface area contributed by atoms with Crippen LogP contribution in [0.4, 0.5) is 0 Å². The smallest absolute Gasteiger partial charge is 0.137 e. The Labute approximate surface area is 265 Å². The van der Waals surface area contributed by atoms with Crippen molar-refractivity contribution in [1.29, 1.82) is 0 Å². The molecule has 214 valence electrons. The van der Waals surface area contributed by atoms with Gasteiger partial charge in [0.15, 0.2) is 0 Å². The summed E-state index contributed by atoms with van der Waals surface area (Å²) < 4.78 is 4.69. The van der Waals surface area contributed by atoms with Gasteiger partial charge in [0.25, 0.3) is 0 Å². The average molecular weight is 586 g/mol. The molecule has 3 heteroatoms. The summed E-state index contributed by atoms with van der Waals surface area (Å²) in [5.41, 5.74) is 8.31. The highest BCUT2D eigenvalue weighted by Gasteiger charge is 2.18. The number of para-hydroxylation sites is 1. The zero-order valence-electron chi connectivity index (χ0n) is 24.9. The number of hydrogen-bond acceptors (Lipinski definition) is 1. The molecule has 0 fully saturated rings. The Kier molecular flexibility index (Phi) is 5.28. The lowest BCUT2D eigenvalue weighted by Crippen LogP contribution is -1.96. The van der Waals surface area contributed by atoms with Crippen LogP contribution in [0.15, 0.2) is 164 Å². The summed E-state index contributed by atoms with van der Waals surface area (Å²) in [6.07, 6.45) is 1.87. The van der Waals surface area contributed by atoms with E-state index in [9.17, 15) is 0 Å². The fraction of sp³-hybridized carbons (Fsp3) is 0. The lowest BCUT2D eigenvalue weighted by Gasteiger charge is -2.09. The molecule has 10 aromatic rings. The minimum Gasteiger partial charge on any atom is -0.309 e. The molecule has 0 saturated carbocycles. The van der Waals surface area contributed by atoms with Crippen LogP contribution in [-0.4, -0.2) is 14.1 Å². The first kappa shape index (κ1) is 25.2. The maximum Gasteiger partial charge on any atom is 0.137 e. The van der Waals surface area contributed by atoms with Gasteiger partial charge in [-0.2, -0.15) is 0 Å². The van der Waals surface area contributed by atoms with Gasteiger partial charge in [-0.25, -0.2) is 4.98 Å². The van der Waals surface area contributed by atoms with Crippen LogP contribution in [0.25, 0.3) is 87.8 Å². The van der Waals surface area contributed by atoms with Crippen LogP contribution >= 0.6 is 0 Å². The first-order chi connectivity index (χ1) is 22.8. The van der Waals surface area contributed by atoms with E-state index in [4.69, 9.17) is 4.98 Å². The largest absolute Gasteiger partial charge is 0.309 e. The van der Waals surface area contributed by atoms with Gasteiger partial charge < -0.3 is 4.57 Å². The van der Waals surface area contributed by atoms with Gasteiger partial charge in [-0.3, -0.25) is 4.57 Å². The number of benzene rings is 7. The normalized spacial score (nSPS) is 11.9. The van der Waals surface area contributed by atoms with Crippen molar-refractivity contribution >= 4 is 65.2 Å². The number of rotatable bonds is 3. The molecule has 0 spiro atoms. The van der Waals surface area contributed by atoms with E-state index in [0.29, 0.717) is 0 Å². The Bertz CT molecular complexity index is 2590. The zero-order valence-corrected chi connectivity index (χ0v) is 24.9. The van der Waals surface area contributed by atoms with E-state index < -0.39 is 0 Å². The van der Waals surface area contributed by atoms with Crippen LogP contribution in [0.2, 0.25) is 0 Å². The number of fused-ring (bicyclic) bond motifs is 10. The molecule has 3 aromatic heterocycles. The van der Waals surface area contributed by atoms with Gasteiger partial charge in [0.05, 0.1) is 22.1 Å². The molecule has 10 rings (SSSR count). The molecule has 0 N–H and O–H groups in total. The third-order valence-corrected chi connectivity index (χ3v) is 9.54. The second kappa shape index (κ2) is 9.65. The first-order valence-corrected chi connectivity index (χ1v) is 15.7. The molecule has 46 heavy (non-hydrogen) atoms. The second-order valence-corrected chi connectivity index (χ2v) is 12.0. The van der Waals surface area contributed by atoms with Crippen LogP contribution in [-0.2, 0) is 0 Å². The Morgan fingerprint density at radius 1 is 0.370 bits per heavy atom. The SMILES string of the molecule is c1ccc(-n2c3ccc(-c4ccc5c(c4)c4c6ccccc6ccc4n5-c4ccccn4)cc3c3c4ccccc4ccc32)cc1. The highest BCUT2D eigenvalue weighted by molar-refractivity contribution is 6.23. The van der Waals surface area contributed by atoms with Gasteiger partial charge in [0.1, 0.15) is 5.82 Å². The quantitative estimate of drug-likeness (QED) is 0.202. The topological polar surface area (TPSA) is 22.8 Å². The van der Waals surface area contributed by atoms with Crippen LogP contribution in [0.1, 0.15) is 0 Å². The Hall–Kier alpha value is -6.19. The summed E-state index contributed by atoms with van der Waals surface area (Å²) in [5, 5.41) is 10.1. The molecule has 0 bridgehead atoms. The van der Waals surface area contributed by atoms with E-state index >= 15 is 0 Å². The zero-order chi connectivity index (χ0) is 30.2. The summed E-state index contributed by atoms with van der Waals surface area (Å²) >= 11 is 0. The fourth-order valence-corrected chi connectivity index (χ4v) is 7.53. The Morgan fingerprint density at radius 3 is 1.50 bits per heavy atom. The number of pyridine rings is 1. The van der Waals surface area contributed by atoms with Gasteiger partial charge in [-0.1, -0.05) is 97.1 Å².